The van der Waals surface area contributed by atoms with Crippen LogP contribution in [0.3, 0.4) is 0 Å². The van der Waals surface area contributed by atoms with Gasteiger partial charge in [-0.05, 0) is 18.9 Å². The number of carbonyl (C=O) groups excluding carboxylic acids is 1. The van der Waals surface area contributed by atoms with Crippen molar-refractivity contribution in [2.45, 2.75) is 43.5 Å². The number of hydrogen-bond acceptors (Lipinski definition) is 9. The molecule has 1 saturated carbocycles. The summed E-state index contributed by atoms with van der Waals surface area (Å²) in [6.45, 7) is 4.34. The van der Waals surface area contributed by atoms with Gasteiger partial charge in [-0.25, -0.2) is 22.2 Å². The molecule has 0 unspecified atom stereocenters. The Hall–Kier alpha value is -3.22. The quantitative estimate of drug-likeness (QED) is 0.405. The fourth-order valence-corrected chi connectivity index (χ4v) is 5.81. The molecule has 1 aliphatic rings. The van der Waals surface area contributed by atoms with Crippen LogP contribution in [0.2, 0.25) is 0 Å². The first-order chi connectivity index (χ1) is 17.4. The number of rotatable bonds is 10. The molecule has 198 valence electrons. The monoisotopic (exact) mass is 552 g/mol. The van der Waals surface area contributed by atoms with Crippen molar-refractivity contribution in [2.75, 3.05) is 32.1 Å². The van der Waals surface area contributed by atoms with E-state index in [-0.39, 0.29) is 21.7 Å². The van der Waals surface area contributed by atoms with E-state index in [1.807, 2.05) is 6.07 Å². The zero-order valence-electron chi connectivity index (χ0n) is 20.6. The van der Waals surface area contributed by atoms with Gasteiger partial charge in [0.05, 0.1) is 18.0 Å². The number of fused-ring (bicyclic) bond motifs is 1. The van der Waals surface area contributed by atoms with Crippen LogP contribution in [0.4, 0.5) is 14.5 Å². The molecule has 1 N–H and O–H groups in total. The minimum atomic E-state index is -4.12. The number of halogens is 2. The highest BCUT2D eigenvalue weighted by atomic mass is 32.2. The van der Waals surface area contributed by atoms with Gasteiger partial charge in [-0.1, -0.05) is 25.2 Å². The Kier molecular flexibility index (Phi) is 7.19. The number of pyridine rings is 1. The summed E-state index contributed by atoms with van der Waals surface area (Å²) < 4.78 is 56.7. The summed E-state index contributed by atoms with van der Waals surface area (Å²) in [5, 5.41) is 16.4. The van der Waals surface area contributed by atoms with Crippen LogP contribution in [0.5, 0.6) is 0 Å². The Labute approximate surface area is 216 Å². The van der Waals surface area contributed by atoms with Crippen molar-refractivity contribution in [1.29, 1.82) is 5.26 Å². The number of nitrogens with zero attached hydrogens (tertiary/aromatic N) is 7. The molecule has 4 rings (SSSR count). The first kappa shape index (κ1) is 26.8. The van der Waals surface area contributed by atoms with E-state index in [0.29, 0.717) is 54.3 Å². The summed E-state index contributed by atoms with van der Waals surface area (Å²) in [7, 11) is -0.694. The van der Waals surface area contributed by atoms with Crippen molar-refractivity contribution >= 4 is 38.6 Å². The predicted molar refractivity (Wildman–Crippen MR) is 133 cm³/mol. The van der Waals surface area contributed by atoms with Crippen LogP contribution < -0.4 is 9.62 Å². The Bertz CT molecular complexity index is 1470. The van der Waals surface area contributed by atoms with Crippen LogP contribution in [0.1, 0.15) is 38.1 Å². The SMILES string of the molecule is CC(C)C(=O)N(C)CCN(C)c1cc(S(=O)(=O)NC2(C#N)CC2)cn2c(-c3nnc(C(F)F)s3)cnc12. The van der Waals surface area contributed by atoms with E-state index in [1.54, 1.807) is 37.7 Å². The van der Waals surface area contributed by atoms with Crippen LogP contribution in [0.15, 0.2) is 23.4 Å². The lowest BCUT2D eigenvalue weighted by molar-refractivity contribution is -0.132. The number of nitrogens with one attached hydrogen (secondary N) is 1. The van der Waals surface area contributed by atoms with E-state index in [2.05, 4.69) is 19.9 Å². The maximum atomic E-state index is 13.3. The van der Waals surface area contributed by atoms with Crippen molar-refractivity contribution in [3.63, 3.8) is 0 Å². The second kappa shape index (κ2) is 9.92. The van der Waals surface area contributed by atoms with Gasteiger partial charge in [0.2, 0.25) is 15.9 Å². The van der Waals surface area contributed by atoms with Crippen molar-refractivity contribution in [3.8, 4) is 16.8 Å². The highest BCUT2D eigenvalue weighted by molar-refractivity contribution is 7.89. The predicted octanol–water partition coefficient (Wildman–Crippen LogP) is 2.68. The molecule has 11 nitrogen and oxygen atoms in total. The third-order valence-corrected chi connectivity index (χ3v) is 8.52. The first-order valence-corrected chi connectivity index (χ1v) is 13.7. The topological polar surface area (TPSA) is 137 Å². The number of imidazole rings is 1. The van der Waals surface area contributed by atoms with Crippen molar-refractivity contribution in [1.82, 2.24) is 29.2 Å². The summed E-state index contributed by atoms with van der Waals surface area (Å²) >= 11 is 0.686. The molecule has 3 heterocycles. The summed E-state index contributed by atoms with van der Waals surface area (Å²) in [6.07, 6.45) is 0.760. The highest BCUT2D eigenvalue weighted by Crippen LogP contribution is 2.37. The number of alkyl halides is 2. The number of aromatic nitrogens is 4. The van der Waals surface area contributed by atoms with Gasteiger partial charge in [-0.2, -0.15) is 9.98 Å². The molecule has 1 fully saturated rings. The number of nitriles is 1. The average Bonchev–Trinajstić information content (AvgIpc) is 3.24. The number of likely N-dealkylation sites (N-methyl/N-ethyl adjacent to an activating group) is 2. The molecule has 37 heavy (non-hydrogen) atoms. The fraction of sp³-hybridized carbons (Fsp3) is 0.500. The maximum absolute atomic E-state index is 13.3. The van der Waals surface area contributed by atoms with E-state index < -0.39 is 27.0 Å². The van der Waals surface area contributed by atoms with E-state index in [9.17, 15) is 27.3 Å². The standard InChI is InChI=1S/C22H26F2N8O3S2/c1-13(2)21(33)31(4)8-7-30(3)15-9-14(37(34,35)29-22(12-25)5-6-22)11-32-16(10-26-18(15)32)19-27-28-20(36-19)17(23)24/h9-11,13,17,29H,5-8H2,1-4H3. The minimum Gasteiger partial charge on any atom is -0.370 e. The molecule has 1 aliphatic carbocycles. The molecule has 0 aromatic carbocycles. The largest absolute Gasteiger partial charge is 0.370 e. The van der Waals surface area contributed by atoms with Crippen molar-refractivity contribution < 1.29 is 22.0 Å². The lowest BCUT2D eigenvalue weighted by Crippen LogP contribution is -2.37. The molecular formula is C22H26F2N8O3S2. The van der Waals surface area contributed by atoms with Gasteiger partial charge < -0.3 is 9.80 Å². The van der Waals surface area contributed by atoms with Crippen LogP contribution in [-0.2, 0) is 14.8 Å². The van der Waals surface area contributed by atoms with Crippen molar-refractivity contribution in [2.24, 2.45) is 5.92 Å². The first-order valence-electron chi connectivity index (χ1n) is 11.4. The lowest BCUT2D eigenvalue weighted by atomic mass is 10.2. The summed E-state index contributed by atoms with van der Waals surface area (Å²) in [5.74, 6) is -0.198. The molecule has 3 aromatic rings. The number of amides is 1. The smallest absolute Gasteiger partial charge is 0.291 e. The summed E-state index contributed by atoms with van der Waals surface area (Å²) in [4.78, 5) is 19.9. The molecule has 0 bridgehead atoms. The second-order valence-electron chi connectivity index (χ2n) is 9.28. The molecule has 0 aliphatic heterocycles. The molecule has 3 aromatic heterocycles. The highest BCUT2D eigenvalue weighted by Gasteiger charge is 2.47. The van der Waals surface area contributed by atoms with Gasteiger partial charge in [0.15, 0.2) is 15.7 Å². The van der Waals surface area contributed by atoms with Crippen LogP contribution in [-0.4, -0.2) is 71.5 Å². The maximum Gasteiger partial charge on any atom is 0.291 e. The van der Waals surface area contributed by atoms with Crippen LogP contribution in [0, 0.1) is 17.2 Å². The number of hydrogen-bond donors (Lipinski definition) is 1. The van der Waals surface area contributed by atoms with E-state index in [4.69, 9.17) is 0 Å². The summed E-state index contributed by atoms with van der Waals surface area (Å²) in [6, 6.07) is 3.45. The van der Waals surface area contributed by atoms with Crippen LogP contribution >= 0.6 is 11.3 Å². The molecule has 15 heteroatoms. The van der Waals surface area contributed by atoms with E-state index in [1.165, 1.54) is 22.9 Å². The Morgan fingerprint density at radius 1 is 1.30 bits per heavy atom. The van der Waals surface area contributed by atoms with Gasteiger partial charge in [-0.15, -0.1) is 10.2 Å². The van der Waals surface area contributed by atoms with Crippen LogP contribution in [0.25, 0.3) is 16.3 Å². The number of anilines is 1. The third-order valence-electron chi connectivity index (χ3n) is 6.06. The lowest BCUT2D eigenvalue weighted by Gasteiger charge is -2.25. The Balaban J connectivity index is 1.77. The zero-order chi connectivity index (χ0) is 27.1. The minimum absolute atomic E-state index is 0.0282. The molecule has 0 saturated heterocycles. The molecule has 0 spiro atoms. The zero-order valence-corrected chi connectivity index (χ0v) is 22.3. The normalized spacial score (nSPS) is 14.8. The molecule has 1 amide bonds. The Morgan fingerprint density at radius 2 is 2.00 bits per heavy atom. The van der Waals surface area contributed by atoms with Crippen molar-refractivity contribution in [3.05, 3.63) is 23.5 Å². The molecular weight excluding hydrogens is 526 g/mol. The second-order valence-corrected chi connectivity index (χ2v) is 12.0. The Morgan fingerprint density at radius 3 is 2.57 bits per heavy atom. The molecule has 0 radical (unpaired) electrons. The third kappa shape index (κ3) is 5.41. The molecule has 0 atom stereocenters. The number of sulfonamides is 1. The number of carbonyl (C=O) groups is 1. The van der Waals surface area contributed by atoms with Gasteiger partial charge in [0.1, 0.15) is 16.1 Å². The van der Waals surface area contributed by atoms with E-state index >= 15 is 0 Å². The van der Waals surface area contributed by atoms with Gasteiger partial charge in [0, 0.05) is 39.3 Å². The van der Waals surface area contributed by atoms with Gasteiger partial charge in [-0.3, -0.25) is 9.20 Å². The van der Waals surface area contributed by atoms with Gasteiger partial charge >= 0.3 is 0 Å². The fourth-order valence-electron chi connectivity index (χ4n) is 3.71. The van der Waals surface area contributed by atoms with Gasteiger partial charge in [0.25, 0.3) is 6.43 Å². The average molecular weight is 553 g/mol. The summed E-state index contributed by atoms with van der Waals surface area (Å²) in [5.41, 5.74) is -0.0489. The van der Waals surface area contributed by atoms with E-state index in [0.717, 1.165) is 0 Å².